The lowest BCUT2D eigenvalue weighted by Gasteiger charge is -2.07. The van der Waals surface area contributed by atoms with Gasteiger partial charge in [-0.2, -0.15) is 0 Å². The molecular weight excluding hydrogens is 222 g/mol. The summed E-state index contributed by atoms with van der Waals surface area (Å²) in [5.74, 6) is 1.94. The largest absolute Gasteiger partial charge is 0.383 e. The van der Waals surface area contributed by atoms with Crippen molar-refractivity contribution in [2.75, 3.05) is 5.73 Å². The van der Waals surface area contributed by atoms with Crippen molar-refractivity contribution in [3.8, 4) is 0 Å². The number of aryl methyl sites for hydroxylation is 1. The van der Waals surface area contributed by atoms with E-state index < -0.39 is 0 Å². The van der Waals surface area contributed by atoms with Crippen molar-refractivity contribution in [3.63, 3.8) is 0 Å². The Labute approximate surface area is 98.6 Å². The van der Waals surface area contributed by atoms with Gasteiger partial charge in [0, 0.05) is 16.3 Å². The number of halogens is 1. The molecule has 0 radical (unpaired) electrons. The summed E-state index contributed by atoms with van der Waals surface area (Å²) in [6, 6.07) is 3.74. The molecule has 0 unspecified atom stereocenters. The third-order valence-corrected chi connectivity index (χ3v) is 3.16. The lowest BCUT2D eigenvalue weighted by Crippen LogP contribution is -2.00. The quantitative estimate of drug-likeness (QED) is 0.824. The van der Waals surface area contributed by atoms with E-state index >= 15 is 0 Å². The van der Waals surface area contributed by atoms with Crippen molar-refractivity contribution in [3.05, 3.63) is 28.5 Å². The maximum atomic E-state index is 6.00. The van der Waals surface area contributed by atoms with Gasteiger partial charge in [-0.25, -0.2) is 9.97 Å². The van der Waals surface area contributed by atoms with Crippen molar-refractivity contribution < 1.29 is 0 Å². The van der Waals surface area contributed by atoms with E-state index in [0.717, 1.165) is 22.3 Å². The van der Waals surface area contributed by atoms with Gasteiger partial charge in [-0.15, -0.1) is 0 Å². The summed E-state index contributed by atoms with van der Waals surface area (Å²) in [6.07, 6.45) is 2.36. The van der Waals surface area contributed by atoms with Crippen molar-refractivity contribution in [1.29, 1.82) is 0 Å². The van der Waals surface area contributed by atoms with Gasteiger partial charge in [0.05, 0.1) is 5.52 Å². The smallest absolute Gasteiger partial charge is 0.135 e. The average Bonchev–Trinajstić information content (AvgIpc) is 3.02. The predicted octanol–water partition coefficient (Wildman–Crippen LogP) is 3.05. The Morgan fingerprint density at radius 2 is 2.06 bits per heavy atom. The molecule has 1 fully saturated rings. The Morgan fingerprint density at radius 1 is 1.31 bits per heavy atom. The monoisotopic (exact) mass is 233 g/mol. The van der Waals surface area contributed by atoms with E-state index in [-0.39, 0.29) is 0 Å². The summed E-state index contributed by atoms with van der Waals surface area (Å²) >= 11 is 6.00. The molecule has 1 aromatic heterocycles. The summed E-state index contributed by atoms with van der Waals surface area (Å²) in [5, 5.41) is 1.54. The SMILES string of the molecule is Cc1cc(Cl)cc2c(N)nc(C3CC3)nc12. The molecule has 1 aliphatic rings. The molecular formula is C12H12ClN3. The molecule has 2 N–H and O–H groups in total. The molecule has 1 saturated carbocycles. The number of nitrogens with two attached hydrogens (primary N) is 1. The van der Waals surface area contributed by atoms with E-state index in [2.05, 4.69) is 9.97 Å². The highest BCUT2D eigenvalue weighted by molar-refractivity contribution is 6.31. The van der Waals surface area contributed by atoms with Crippen molar-refractivity contribution >= 4 is 28.3 Å². The van der Waals surface area contributed by atoms with Crippen LogP contribution < -0.4 is 5.73 Å². The number of anilines is 1. The van der Waals surface area contributed by atoms with Gasteiger partial charge >= 0.3 is 0 Å². The third kappa shape index (κ3) is 1.52. The highest BCUT2D eigenvalue weighted by Crippen LogP contribution is 2.39. The van der Waals surface area contributed by atoms with Crippen LogP contribution in [-0.2, 0) is 0 Å². The minimum Gasteiger partial charge on any atom is -0.383 e. The number of aromatic nitrogens is 2. The van der Waals surface area contributed by atoms with E-state index in [0.29, 0.717) is 16.8 Å². The zero-order valence-corrected chi connectivity index (χ0v) is 9.75. The number of rotatable bonds is 1. The molecule has 0 saturated heterocycles. The van der Waals surface area contributed by atoms with Gasteiger partial charge in [0.25, 0.3) is 0 Å². The van der Waals surface area contributed by atoms with Gasteiger partial charge in [0.1, 0.15) is 11.6 Å². The molecule has 2 aromatic rings. The molecule has 3 nitrogen and oxygen atoms in total. The fraction of sp³-hybridized carbons (Fsp3) is 0.333. The molecule has 1 aliphatic carbocycles. The van der Waals surface area contributed by atoms with Crippen LogP contribution in [-0.4, -0.2) is 9.97 Å². The molecule has 0 atom stereocenters. The van der Waals surface area contributed by atoms with Gasteiger partial charge in [-0.05, 0) is 37.5 Å². The van der Waals surface area contributed by atoms with Crippen molar-refractivity contribution in [1.82, 2.24) is 9.97 Å². The number of hydrogen-bond acceptors (Lipinski definition) is 3. The maximum Gasteiger partial charge on any atom is 0.135 e. The second-order valence-electron chi connectivity index (χ2n) is 4.36. The van der Waals surface area contributed by atoms with Crippen LogP contribution in [0.15, 0.2) is 12.1 Å². The Kier molecular flexibility index (Phi) is 2.04. The number of nitrogen functional groups attached to an aromatic ring is 1. The fourth-order valence-electron chi connectivity index (χ4n) is 1.93. The van der Waals surface area contributed by atoms with Gasteiger partial charge in [0.15, 0.2) is 0 Å². The summed E-state index contributed by atoms with van der Waals surface area (Å²) < 4.78 is 0. The number of hydrogen-bond donors (Lipinski definition) is 1. The first kappa shape index (κ1) is 9.85. The van der Waals surface area contributed by atoms with E-state index in [9.17, 15) is 0 Å². The van der Waals surface area contributed by atoms with Crippen LogP contribution in [0.3, 0.4) is 0 Å². The molecule has 0 amide bonds. The molecule has 1 heterocycles. The summed E-state index contributed by atoms with van der Waals surface area (Å²) in [6.45, 7) is 2.00. The lowest BCUT2D eigenvalue weighted by molar-refractivity contribution is 0.951. The van der Waals surface area contributed by atoms with Crippen LogP contribution in [0, 0.1) is 6.92 Å². The highest BCUT2D eigenvalue weighted by atomic mass is 35.5. The van der Waals surface area contributed by atoms with Crippen LogP contribution in [0.1, 0.15) is 30.1 Å². The van der Waals surface area contributed by atoms with Crippen LogP contribution in [0.25, 0.3) is 10.9 Å². The van der Waals surface area contributed by atoms with Gasteiger partial charge in [-0.1, -0.05) is 11.6 Å². The van der Waals surface area contributed by atoms with E-state index in [4.69, 9.17) is 17.3 Å². The number of fused-ring (bicyclic) bond motifs is 1. The second kappa shape index (κ2) is 3.32. The maximum absolute atomic E-state index is 6.00. The first-order valence-corrected chi connectivity index (χ1v) is 5.76. The molecule has 82 valence electrons. The summed E-state index contributed by atoms with van der Waals surface area (Å²) in [4.78, 5) is 8.94. The van der Waals surface area contributed by atoms with Crippen LogP contribution in [0.5, 0.6) is 0 Å². The van der Waals surface area contributed by atoms with Gasteiger partial charge in [-0.3, -0.25) is 0 Å². The highest BCUT2D eigenvalue weighted by Gasteiger charge is 2.27. The first-order valence-electron chi connectivity index (χ1n) is 5.38. The second-order valence-corrected chi connectivity index (χ2v) is 4.80. The molecule has 1 aromatic carbocycles. The van der Waals surface area contributed by atoms with E-state index in [1.54, 1.807) is 0 Å². The summed E-state index contributed by atoms with van der Waals surface area (Å²) in [7, 11) is 0. The predicted molar refractivity (Wildman–Crippen MR) is 65.7 cm³/mol. The molecule has 0 aliphatic heterocycles. The lowest BCUT2D eigenvalue weighted by atomic mass is 10.1. The standard InChI is InChI=1S/C12H12ClN3/c1-6-4-8(13)5-9-10(6)15-12(7-2-3-7)16-11(9)14/h4-5,7H,2-3H2,1H3,(H2,14,15,16). The van der Waals surface area contributed by atoms with E-state index in [1.807, 2.05) is 19.1 Å². The zero-order valence-electron chi connectivity index (χ0n) is 9.00. The normalized spacial score (nSPS) is 15.6. The molecule has 3 rings (SSSR count). The molecule has 16 heavy (non-hydrogen) atoms. The van der Waals surface area contributed by atoms with Crippen molar-refractivity contribution in [2.45, 2.75) is 25.7 Å². The zero-order chi connectivity index (χ0) is 11.3. The van der Waals surface area contributed by atoms with Crippen LogP contribution in [0.4, 0.5) is 5.82 Å². The Bertz CT molecular complexity index is 576. The van der Waals surface area contributed by atoms with E-state index in [1.165, 1.54) is 12.8 Å². The van der Waals surface area contributed by atoms with Crippen LogP contribution >= 0.6 is 11.6 Å². The molecule has 0 bridgehead atoms. The fourth-order valence-corrected chi connectivity index (χ4v) is 2.20. The first-order chi connectivity index (χ1) is 7.65. The minimum atomic E-state index is 0.516. The third-order valence-electron chi connectivity index (χ3n) is 2.95. The topological polar surface area (TPSA) is 51.8 Å². The molecule has 0 spiro atoms. The minimum absolute atomic E-state index is 0.516. The Balaban J connectivity index is 2.32. The van der Waals surface area contributed by atoms with Crippen LogP contribution in [0.2, 0.25) is 5.02 Å². The average molecular weight is 234 g/mol. The van der Waals surface area contributed by atoms with Crippen molar-refractivity contribution in [2.24, 2.45) is 0 Å². The van der Waals surface area contributed by atoms with Gasteiger partial charge in [0.2, 0.25) is 0 Å². The molecule has 4 heteroatoms. The van der Waals surface area contributed by atoms with Gasteiger partial charge < -0.3 is 5.73 Å². The Hall–Kier alpha value is -1.35. The summed E-state index contributed by atoms with van der Waals surface area (Å²) in [5.41, 5.74) is 7.93. The Morgan fingerprint density at radius 3 is 2.75 bits per heavy atom. The number of nitrogens with zero attached hydrogens (tertiary/aromatic N) is 2. The number of benzene rings is 1.